The highest BCUT2D eigenvalue weighted by molar-refractivity contribution is 5.95. The predicted molar refractivity (Wildman–Crippen MR) is 337 cm³/mol. The molecule has 26 nitrogen and oxygen atoms in total. The number of carbonyl (C=O) groups excluding carboxylic acids is 5. The lowest BCUT2D eigenvalue weighted by atomic mass is 10.2. The third-order valence-electron chi connectivity index (χ3n) is 12.4. The number of nitrogens with zero attached hydrogens (tertiary/aromatic N) is 12. The molecule has 0 aliphatic carbocycles. The molecule has 470 valence electrons. The van der Waals surface area contributed by atoms with Gasteiger partial charge >= 0.3 is 0 Å². The van der Waals surface area contributed by atoms with E-state index >= 15 is 0 Å². The number of nitrogen functional groups attached to an aromatic ring is 1. The van der Waals surface area contributed by atoms with Crippen LogP contribution in [0.2, 0.25) is 0 Å². The number of ether oxygens (including phenoxy) is 1. The van der Waals surface area contributed by atoms with Crippen LogP contribution in [-0.4, -0.2) is 125 Å². The molecule has 4 amide bonds. The van der Waals surface area contributed by atoms with E-state index in [1.54, 1.807) is 60.8 Å². The minimum Gasteiger partial charge on any atom is -0.421 e. The van der Waals surface area contributed by atoms with Crippen molar-refractivity contribution in [3.63, 3.8) is 0 Å². The Hall–Kier alpha value is -10.1. The normalized spacial score (nSPS) is 15.6. The summed E-state index contributed by atoms with van der Waals surface area (Å²) in [6.45, 7) is 50.4. The number of imidazole rings is 2. The zero-order valence-corrected chi connectivity index (χ0v) is 52.8. The highest BCUT2D eigenvalue weighted by atomic mass is 19.1. The zero-order valence-electron chi connectivity index (χ0n) is 52.8. The number of hydrogen-bond acceptors (Lipinski definition) is 19. The van der Waals surface area contributed by atoms with E-state index in [1.807, 2.05) is 105 Å². The molecule has 9 N–H and O–H groups in total. The monoisotopic (exact) mass is 1200 g/mol. The first kappa shape index (κ1) is 71.2. The Kier molecular flexibility index (Phi) is 26.4. The van der Waals surface area contributed by atoms with Gasteiger partial charge in [-0.3, -0.25) is 28.8 Å². The maximum Gasteiger partial charge on any atom is 0.298 e. The summed E-state index contributed by atoms with van der Waals surface area (Å²) in [7, 11) is 0. The highest BCUT2D eigenvalue weighted by Crippen LogP contribution is 2.21. The molecule has 0 atom stereocenters. The van der Waals surface area contributed by atoms with Crippen LogP contribution in [0, 0.1) is 6.92 Å². The first-order chi connectivity index (χ1) is 40.6. The molecule has 9 heterocycles. The third kappa shape index (κ3) is 20.3. The van der Waals surface area contributed by atoms with Crippen LogP contribution in [-0.2, 0) is 28.7 Å². The number of aliphatic imine (C=N–C) groups is 1. The highest BCUT2D eigenvalue weighted by Gasteiger charge is 2.25. The van der Waals surface area contributed by atoms with Crippen molar-refractivity contribution < 1.29 is 33.1 Å². The second-order valence-electron chi connectivity index (χ2n) is 21.6. The van der Waals surface area contributed by atoms with E-state index in [0.29, 0.717) is 81.8 Å². The number of rotatable bonds is 9. The summed E-state index contributed by atoms with van der Waals surface area (Å²) in [4.78, 5) is 97.9. The Morgan fingerprint density at radius 2 is 1.03 bits per heavy atom. The largest absolute Gasteiger partial charge is 0.421 e. The topological polar surface area (TPSA) is 318 Å². The molecule has 27 heteroatoms. The Morgan fingerprint density at radius 3 is 1.54 bits per heavy atom. The number of H-pyrrole nitrogens is 1. The van der Waals surface area contributed by atoms with Gasteiger partial charge in [-0.05, 0) is 123 Å². The lowest BCUT2D eigenvalue weighted by molar-refractivity contribution is -0.132. The molecule has 5 aliphatic heterocycles. The van der Waals surface area contributed by atoms with Crippen molar-refractivity contribution in [2.75, 3.05) is 5.73 Å². The van der Waals surface area contributed by atoms with E-state index in [9.17, 15) is 33.2 Å². The van der Waals surface area contributed by atoms with E-state index < -0.39 is 17.6 Å². The maximum atomic E-state index is 12.7. The van der Waals surface area contributed by atoms with Gasteiger partial charge in [0.15, 0.2) is 16.8 Å². The fourth-order valence-electron chi connectivity index (χ4n) is 7.86. The number of nitrogens with two attached hydrogens (primary N) is 2. The Labute approximate surface area is 508 Å². The Morgan fingerprint density at radius 1 is 0.563 bits per heavy atom. The number of hydrogen-bond donors (Lipinski definition) is 7. The van der Waals surface area contributed by atoms with Gasteiger partial charge in [-0.2, -0.15) is 4.39 Å². The number of carbonyl (C=O) groups is 5. The van der Waals surface area contributed by atoms with Crippen molar-refractivity contribution in [2.45, 2.75) is 153 Å². The summed E-state index contributed by atoms with van der Waals surface area (Å²) < 4.78 is 21.1. The van der Waals surface area contributed by atoms with Gasteiger partial charge in [-0.1, -0.05) is 32.9 Å². The van der Waals surface area contributed by atoms with Crippen LogP contribution in [0.25, 0.3) is 22.3 Å². The molecule has 4 aromatic heterocycles. The van der Waals surface area contributed by atoms with Gasteiger partial charge in [-0.25, -0.2) is 24.9 Å². The van der Waals surface area contributed by atoms with E-state index in [4.69, 9.17) is 11.5 Å². The molecule has 0 radical (unpaired) electrons. The van der Waals surface area contributed by atoms with E-state index in [0.717, 1.165) is 22.9 Å². The van der Waals surface area contributed by atoms with Crippen molar-refractivity contribution in [3.05, 3.63) is 163 Å². The lowest BCUT2D eigenvalue weighted by Gasteiger charge is -2.31. The smallest absolute Gasteiger partial charge is 0.298 e. The van der Waals surface area contributed by atoms with Crippen LogP contribution in [0.3, 0.4) is 0 Å². The van der Waals surface area contributed by atoms with Crippen molar-refractivity contribution in [1.29, 1.82) is 0 Å². The number of anilines is 1. The lowest BCUT2D eigenvalue weighted by Crippen LogP contribution is -2.41. The molecule has 0 unspecified atom stereocenters. The Balaban J connectivity index is 0.000000266. The Bertz CT molecular complexity index is 3410. The van der Waals surface area contributed by atoms with Gasteiger partial charge in [0, 0.05) is 84.9 Å². The van der Waals surface area contributed by atoms with Gasteiger partial charge in [0.05, 0.1) is 24.5 Å². The molecule has 0 fully saturated rings. The quantitative estimate of drug-likeness (QED) is 0.0822. The first-order valence-corrected chi connectivity index (χ1v) is 27.8. The van der Waals surface area contributed by atoms with E-state index in [-0.39, 0.29) is 47.7 Å². The SMILES string of the molecule is C=C1N=C(N)C=CN1C(C)C.C=C1NC(=O)C(C)=CN1C(C)C.C=C1NC(=O)C(F)=CN1C(C)C.C=C1NC(=O)C(OC=O)=CN1C(C)C.C=C1NC(=O)C=CN1C(C)C.CC(C)n1cnc2c(N)ccnc21.Cc1nc2c(ncn2C(C)C)c(=O)[nH]1. The van der Waals surface area contributed by atoms with E-state index in [1.165, 1.54) is 12.3 Å². The second-order valence-corrected chi connectivity index (χ2v) is 21.6. The number of halogens is 1. The molecule has 5 aliphatic rings. The maximum absolute atomic E-state index is 12.7. The number of aryl methyl sites for hydroxylation is 1. The number of amides is 4. The summed E-state index contributed by atoms with van der Waals surface area (Å²) in [6, 6.07) is 3.65. The number of aromatic nitrogens is 7. The van der Waals surface area contributed by atoms with Crippen LogP contribution in [0.1, 0.15) is 122 Å². The van der Waals surface area contributed by atoms with Crippen LogP contribution in [0.4, 0.5) is 10.1 Å². The van der Waals surface area contributed by atoms with E-state index in [2.05, 4.69) is 117 Å². The number of nitrogens with one attached hydrogen (secondary N) is 5. The zero-order chi connectivity index (χ0) is 65.9. The summed E-state index contributed by atoms with van der Waals surface area (Å²) in [5, 5.41) is 10.1. The van der Waals surface area contributed by atoms with Crippen molar-refractivity contribution in [1.82, 2.24) is 79.8 Å². The second kappa shape index (κ2) is 32.3. The summed E-state index contributed by atoms with van der Waals surface area (Å²) in [6.07, 6.45) is 16.5. The molecule has 0 saturated heterocycles. The molecular weight excluding hydrogens is 1120 g/mol. The molecule has 0 spiro atoms. The van der Waals surface area contributed by atoms with Gasteiger partial charge in [0.25, 0.3) is 35.7 Å². The summed E-state index contributed by atoms with van der Waals surface area (Å²) in [5.41, 5.74) is 15.2. The van der Waals surface area contributed by atoms with Gasteiger partial charge < -0.3 is 76.1 Å². The van der Waals surface area contributed by atoms with Gasteiger partial charge in [0.2, 0.25) is 11.6 Å². The average molecular weight is 1200 g/mol. The van der Waals surface area contributed by atoms with Crippen LogP contribution >= 0.6 is 0 Å². The number of fused-ring (bicyclic) bond motifs is 2. The third-order valence-corrected chi connectivity index (χ3v) is 12.4. The summed E-state index contributed by atoms with van der Waals surface area (Å²) in [5.74, 6) is 1.88. The van der Waals surface area contributed by atoms with Crippen LogP contribution in [0.15, 0.2) is 157 Å². The molecule has 4 aromatic rings. The summed E-state index contributed by atoms with van der Waals surface area (Å²) >= 11 is 0. The number of pyridine rings is 1. The van der Waals surface area contributed by atoms with Crippen molar-refractivity contribution >= 4 is 64.0 Å². The fraction of sp³-hybridized carbons (Fsp3) is 0.383. The van der Waals surface area contributed by atoms with Crippen LogP contribution < -0.4 is 38.3 Å². The predicted octanol–water partition coefficient (Wildman–Crippen LogP) is 7.09. The average Bonchev–Trinajstić information content (AvgIpc) is 2.03. The van der Waals surface area contributed by atoms with Gasteiger partial charge in [-0.15, -0.1) is 0 Å². The standard InChI is InChI=1S/C9H12N4O.C9H12N4.C9H12N2O3.C9H14N2O.C8H11FN2O.C8H13N3.C8H12N2O/c1-5(2)13-4-10-7-8(13)11-6(3)12-9(7)14;1-6(2)13-5-12-8-7(10)3-4-11-9(8)13;1-6(2)11-4-8(14-5-12)9(13)10-7(11)3;1-6(2)11-5-7(3)9(12)10-8(11)4;1-5(2)11-4-7(9)8(12)10-6(11)3;1-6(2)11-5-4-8(9)10-7(11)3;1-6(2)10-5-4-8(11)9-7(10)3/h4-5H,1-3H3,(H,11,12,14);3-6H,1-2H3,(H2,10,11);4-6H,3H2,1-2H3,(H,10,13);5-6H,4H2,1-3H3,(H,10,12);4-5H,3H2,1-2H3,(H,10,12);4-6H,3H2,1-2H3,(H2,9,10);4-6H,3H2,1-2H3,(H,9,11). The number of amidine groups is 1. The molecule has 87 heavy (non-hydrogen) atoms. The molecular formula is C60H86FN19O7. The van der Waals surface area contributed by atoms with Gasteiger partial charge in [0.1, 0.15) is 46.3 Å². The van der Waals surface area contributed by atoms with Crippen molar-refractivity contribution in [3.8, 4) is 0 Å². The number of aromatic amines is 1. The fourth-order valence-corrected chi connectivity index (χ4v) is 7.86. The van der Waals surface area contributed by atoms with Crippen molar-refractivity contribution in [2.24, 2.45) is 10.7 Å². The minimum atomic E-state index is -0.781. The minimum absolute atomic E-state index is 0.0268. The molecule has 0 bridgehead atoms. The molecule has 0 aromatic carbocycles. The molecule has 9 rings (SSSR count). The molecule has 0 saturated carbocycles. The first-order valence-electron chi connectivity index (χ1n) is 27.8. The van der Waals surface area contributed by atoms with Crippen LogP contribution in [0.5, 0.6) is 0 Å².